The van der Waals surface area contributed by atoms with Crippen LogP contribution in [-0.4, -0.2) is 75.0 Å². The molecule has 1 aliphatic rings. The average molecular weight is 747 g/mol. The number of thiophene rings is 1. The number of aliphatic hydroxyl groups excluding tert-OH is 1. The molecule has 1 saturated heterocycles. The van der Waals surface area contributed by atoms with E-state index in [0.29, 0.717) is 43.1 Å². The number of likely N-dealkylation sites (tertiary alicyclic amines) is 1. The predicted molar refractivity (Wildman–Crippen MR) is 189 cm³/mol. The summed E-state index contributed by atoms with van der Waals surface area (Å²) in [7, 11) is 5.11. The number of rotatable bonds is 15. The molecule has 268 valence electrons. The average Bonchev–Trinajstić information content (AvgIpc) is 3.78. The number of methoxy groups -OCH3 is 2. The molecule has 4 aromatic rings. The van der Waals surface area contributed by atoms with E-state index in [1.165, 1.54) is 18.4 Å². The molecule has 1 fully saturated rings. The monoisotopic (exact) mass is 745 g/mol. The van der Waals surface area contributed by atoms with Crippen LogP contribution in [0.15, 0.2) is 73.1 Å². The van der Waals surface area contributed by atoms with E-state index in [1.54, 1.807) is 62.0 Å². The Kier molecular flexibility index (Phi) is 14.0. The van der Waals surface area contributed by atoms with Gasteiger partial charge in [-0.2, -0.15) is 0 Å². The van der Waals surface area contributed by atoms with Gasteiger partial charge in [-0.25, -0.2) is 14.6 Å². The summed E-state index contributed by atoms with van der Waals surface area (Å²) in [5.74, 6) is 0.136. The van der Waals surface area contributed by atoms with Crippen molar-refractivity contribution in [3.63, 3.8) is 0 Å². The molecule has 0 radical (unpaired) electrons. The Hall–Kier alpha value is -3.75. The second kappa shape index (κ2) is 18.0. The van der Waals surface area contributed by atoms with Crippen LogP contribution in [0.2, 0.25) is 10.0 Å². The Morgan fingerprint density at radius 3 is 2.42 bits per heavy atom. The third-order valence-electron chi connectivity index (χ3n) is 8.63. The number of carbonyl (C=O) groups is 2. The van der Waals surface area contributed by atoms with Crippen molar-refractivity contribution in [3.8, 4) is 11.5 Å². The molecule has 14 heteroatoms. The fourth-order valence-corrected chi connectivity index (χ4v) is 7.21. The van der Waals surface area contributed by atoms with Crippen molar-refractivity contribution in [3.05, 3.63) is 110 Å². The molecule has 0 spiro atoms. The number of esters is 2. The second-order valence-corrected chi connectivity index (χ2v) is 13.9. The predicted octanol–water partition coefficient (Wildman–Crippen LogP) is 5.32. The number of hydrogen-bond acceptors (Lipinski definition) is 11. The van der Waals surface area contributed by atoms with E-state index in [1.807, 2.05) is 25.2 Å². The smallest absolute Gasteiger partial charge is 0.348 e. The SMILES string of the molecule is COc1ccc([C@H](Cc2c(Cl)c[nH+]cc2Cl)OC(=O)c2ccc(CNC(CO)(C(=O)OC[C@H]3CCN(C)C3)c3ccccc3)s2)cc1OC.[OH-]. The number of pyridine rings is 1. The van der Waals surface area contributed by atoms with Gasteiger partial charge in [0.05, 0.1) is 27.4 Å². The number of aromatic nitrogens is 1. The van der Waals surface area contributed by atoms with Gasteiger partial charge in [0, 0.05) is 35.9 Å². The van der Waals surface area contributed by atoms with Gasteiger partial charge in [-0.1, -0.05) is 59.6 Å². The number of H-pyrrole nitrogens is 1. The number of carbonyl (C=O) groups excluding carboxylic acids is 2. The van der Waals surface area contributed by atoms with Crippen LogP contribution >= 0.6 is 34.5 Å². The highest BCUT2D eigenvalue weighted by Crippen LogP contribution is 2.36. The van der Waals surface area contributed by atoms with Gasteiger partial charge < -0.3 is 34.4 Å². The van der Waals surface area contributed by atoms with Crippen molar-refractivity contribution in [2.75, 3.05) is 47.6 Å². The first-order valence-corrected chi connectivity index (χ1v) is 17.4. The van der Waals surface area contributed by atoms with Gasteiger partial charge in [-0.3, -0.25) is 5.32 Å². The first-order chi connectivity index (χ1) is 23.7. The van der Waals surface area contributed by atoms with Crippen molar-refractivity contribution >= 4 is 46.5 Å². The minimum Gasteiger partial charge on any atom is -0.870 e. The van der Waals surface area contributed by atoms with Crippen LogP contribution < -0.4 is 19.8 Å². The Morgan fingerprint density at radius 2 is 1.78 bits per heavy atom. The van der Waals surface area contributed by atoms with Crippen LogP contribution in [-0.2, 0) is 32.8 Å². The third-order valence-corrected chi connectivity index (χ3v) is 10.4. The lowest BCUT2D eigenvalue weighted by molar-refractivity contribution is -0.377. The molecule has 5 rings (SSSR count). The molecule has 11 nitrogen and oxygen atoms in total. The fourth-order valence-electron chi connectivity index (χ4n) is 5.85. The fraction of sp³-hybridized carbons (Fsp3) is 0.361. The maximum atomic E-state index is 13.6. The second-order valence-electron chi connectivity index (χ2n) is 11.9. The van der Waals surface area contributed by atoms with Crippen molar-refractivity contribution in [1.82, 2.24) is 10.2 Å². The molecule has 50 heavy (non-hydrogen) atoms. The highest BCUT2D eigenvalue weighted by atomic mass is 35.5. The minimum atomic E-state index is -1.50. The summed E-state index contributed by atoms with van der Waals surface area (Å²) in [6, 6.07) is 17.8. The maximum absolute atomic E-state index is 13.6. The molecule has 0 aliphatic carbocycles. The summed E-state index contributed by atoms with van der Waals surface area (Å²) in [5, 5.41) is 14.7. The minimum absolute atomic E-state index is 0. The van der Waals surface area contributed by atoms with Gasteiger partial charge in [0.25, 0.3) is 0 Å². The summed E-state index contributed by atoms with van der Waals surface area (Å²) in [5.41, 5.74) is 0.345. The topological polar surface area (TPSA) is 151 Å². The quantitative estimate of drug-likeness (QED) is 0.153. The zero-order valence-corrected chi connectivity index (χ0v) is 30.3. The first-order valence-electron chi connectivity index (χ1n) is 15.8. The van der Waals surface area contributed by atoms with Crippen molar-refractivity contribution in [2.45, 2.75) is 31.0 Å². The molecular weight excluding hydrogens is 705 g/mol. The lowest BCUT2D eigenvalue weighted by atomic mass is 9.90. The van der Waals surface area contributed by atoms with Gasteiger partial charge in [-0.15, -0.1) is 11.3 Å². The van der Waals surface area contributed by atoms with Crippen molar-refractivity contribution in [1.29, 1.82) is 0 Å². The Morgan fingerprint density at radius 1 is 1.06 bits per heavy atom. The highest BCUT2D eigenvalue weighted by molar-refractivity contribution is 7.13. The van der Waals surface area contributed by atoms with Crippen molar-refractivity contribution in [2.24, 2.45) is 5.92 Å². The largest absolute Gasteiger partial charge is 0.870 e. The molecule has 1 aliphatic heterocycles. The summed E-state index contributed by atoms with van der Waals surface area (Å²) >= 11 is 14.2. The summed E-state index contributed by atoms with van der Waals surface area (Å²) < 4.78 is 22.8. The highest BCUT2D eigenvalue weighted by Gasteiger charge is 2.42. The third kappa shape index (κ3) is 9.12. The number of nitrogens with zero attached hydrogens (tertiary/aromatic N) is 1. The molecule has 0 saturated carbocycles. The number of nitrogens with one attached hydrogen (secondary N) is 2. The number of benzene rings is 2. The number of halogens is 2. The van der Waals surface area contributed by atoms with Crippen LogP contribution in [0.1, 0.15) is 43.8 Å². The van der Waals surface area contributed by atoms with Gasteiger partial charge in [0.15, 0.2) is 29.4 Å². The zero-order valence-electron chi connectivity index (χ0n) is 28.0. The van der Waals surface area contributed by atoms with Gasteiger partial charge >= 0.3 is 11.9 Å². The van der Waals surface area contributed by atoms with E-state index < -0.39 is 30.2 Å². The molecule has 0 bridgehead atoms. The molecule has 2 aromatic heterocycles. The van der Waals surface area contributed by atoms with Crippen LogP contribution in [0.3, 0.4) is 0 Å². The molecule has 1 unspecified atom stereocenters. The lowest BCUT2D eigenvalue weighted by Gasteiger charge is -2.31. The Balaban J connectivity index is 0.00000562. The molecule has 3 atom stereocenters. The van der Waals surface area contributed by atoms with Crippen LogP contribution in [0, 0.1) is 5.92 Å². The van der Waals surface area contributed by atoms with E-state index in [4.69, 9.17) is 42.1 Å². The number of ether oxygens (including phenoxy) is 4. The molecular formula is C36H41Cl2N3O8S. The molecule has 3 heterocycles. The maximum Gasteiger partial charge on any atom is 0.348 e. The van der Waals surface area contributed by atoms with Crippen LogP contribution in [0.25, 0.3) is 0 Å². The number of aliphatic hydroxyl groups is 1. The normalized spacial score (nSPS) is 16.2. The van der Waals surface area contributed by atoms with Crippen LogP contribution in [0.4, 0.5) is 0 Å². The van der Waals surface area contributed by atoms with E-state index >= 15 is 0 Å². The van der Waals surface area contributed by atoms with Gasteiger partial charge in [-0.05, 0) is 55.4 Å². The van der Waals surface area contributed by atoms with Gasteiger partial charge in [0.2, 0.25) is 0 Å². The lowest BCUT2D eigenvalue weighted by Crippen LogP contribution is -2.53. The molecule has 2 aromatic carbocycles. The molecule has 4 N–H and O–H groups in total. The summed E-state index contributed by atoms with van der Waals surface area (Å²) in [6.45, 7) is 1.74. The number of aromatic amines is 1. The Bertz CT molecular complexity index is 1720. The number of hydrogen-bond donors (Lipinski definition) is 2. The van der Waals surface area contributed by atoms with E-state index in [9.17, 15) is 14.7 Å². The first kappa shape index (κ1) is 39.0. The standard InChI is InChI=1S/C36H39Cl2N3O7S.H2O/c1-41-14-13-23(20-41)21-47-35(44)36(22-42,25-7-5-4-6-8-25)40-17-26-10-12-33(49-26)34(43)48-31(16-27-28(37)18-39-19-29(27)38)24-9-11-30(45-2)32(15-24)46-3;/h4-12,15,18-19,23,31,40,42H,13-14,16-17,20-22H2,1-3H3;1H2/t23-,31-,36?;/m0./s1. The summed E-state index contributed by atoms with van der Waals surface area (Å²) in [4.78, 5) is 33.5. The van der Waals surface area contributed by atoms with Crippen molar-refractivity contribution < 1.29 is 44.1 Å². The van der Waals surface area contributed by atoms with E-state index in [-0.39, 0.29) is 31.0 Å². The van der Waals surface area contributed by atoms with E-state index in [0.717, 1.165) is 24.4 Å². The van der Waals surface area contributed by atoms with Gasteiger partial charge in [0.1, 0.15) is 21.0 Å². The zero-order chi connectivity index (χ0) is 35.0. The van der Waals surface area contributed by atoms with Crippen LogP contribution in [0.5, 0.6) is 11.5 Å². The Labute approximate surface area is 305 Å². The van der Waals surface area contributed by atoms with E-state index in [2.05, 4.69) is 15.2 Å². The molecule has 0 amide bonds. The summed E-state index contributed by atoms with van der Waals surface area (Å²) in [6.07, 6.45) is 3.59.